The SMILES string of the molecule is [c]1ccc(OCCNCc2ccccn2)cc1. The van der Waals surface area contributed by atoms with Crippen LogP contribution in [0.5, 0.6) is 5.75 Å². The van der Waals surface area contributed by atoms with Crippen molar-refractivity contribution in [2.24, 2.45) is 0 Å². The molecule has 0 saturated heterocycles. The van der Waals surface area contributed by atoms with Gasteiger partial charge in [0, 0.05) is 19.3 Å². The molecule has 0 aliphatic rings. The molecular weight excluding hydrogens is 212 g/mol. The zero-order valence-electron chi connectivity index (χ0n) is 9.60. The molecule has 1 N–H and O–H groups in total. The Labute approximate surface area is 101 Å². The highest BCUT2D eigenvalue weighted by Gasteiger charge is 1.93. The average Bonchev–Trinajstić information content (AvgIpc) is 2.41. The van der Waals surface area contributed by atoms with Gasteiger partial charge in [0.05, 0.1) is 5.69 Å². The van der Waals surface area contributed by atoms with Gasteiger partial charge in [-0.2, -0.15) is 0 Å². The van der Waals surface area contributed by atoms with Gasteiger partial charge in [0.25, 0.3) is 0 Å². The number of pyridine rings is 1. The van der Waals surface area contributed by atoms with Crippen molar-refractivity contribution in [2.75, 3.05) is 13.2 Å². The minimum atomic E-state index is 0.650. The molecule has 2 rings (SSSR count). The van der Waals surface area contributed by atoms with Crippen LogP contribution in [-0.4, -0.2) is 18.1 Å². The molecule has 1 aromatic heterocycles. The molecular formula is C14H15N2O. The molecule has 0 fully saturated rings. The Bertz CT molecular complexity index is 375. The van der Waals surface area contributed by atoms with Gasteiger partial charge >= 0.3 is 0 Å². The average molecular weight is 227 g/mol. The van der Waals surface area contributed by atoms with Gasteiger partial charge in [0.1, 0.15) is 12.4 Å². The summed E-state index contributed by atoms with van der Waals surface area (Å²) in [5.74, 6) is 0.878. The largest absolute Gasteiger partial charge is 0.492 e. The van der Waals surface area contributed by atoms with E-state index >= 15 is 0 Å². The molecule has 1 heterocycles. The lowest BCUT2D eigenvalue weighted by molar-refractivity contribution is 0.313. The Morgan fingerprint density at radius 1 is 1.18 bits per heavy atom. The van der Waals surface area contributed by atoms with Crippen molar-refractivity contribution in [1.29, 1.82) is 0 Å². The summed E-state index contributed by atoms with van der Waals surface area (Å²) < 4.78 is 5.54. The number of hydrogen-bond acceptors (Lipinski definition) is 3. The third-order valence-electron chi connectivity index (χ3n) is 2.27. The van der Waals surface area contributed by atoms with Gasteiger partial charge in [0.2, 0.25) is 0 Å². The van der Waals surface area contributed by atoms with E-state index in [4.69, 9.17) is 4.74 Å². The standard InChI is InChI=1S/C14H15N2O/c1-2-7-14(8-3-1)17-11-10-15-12-13-6-4-5-9-16-13/h2-9,15H,10-12H2. The fourth-order valence-electron chi connectivity index (χ4n) is 1.43. The van der Waals surface area contributed by atoms with E-state index in [2.05, 4.69) is 16.4 Å². The number of ether oxygens (including phenoxy) is 1. The number of rotatable bonds is 6. The molecule has 0 saturated carbocycles. The van der Waals surface area contributed by atoms with Gasteiger partial charge < -0.3 is 10.1 Å². The summed E-state index contributed by atoms with van der Waals surface area (Å²) in [6.07, 6.45) is 1.80. The summed E-state index contributed by atoms with van der Waals surface area (Å²) >= 11 is 0. The van der Waals surface area contributed by atoms with Crippen LogP contribution in [0.15, 0.2) is 48.7 Å². The van der Waals surface area contributed by atoms with Gasteiger partial charge in [-0.1, -0.05) is 18.2 Å². The predicted octanol–water partition coefficient (Wildman–Crippen LogP) is 2.05. The number of benzene rings is 1. The van der Waals surface area contributed by atoms with Crippen LogP contribution >= 0.6 is 0 Å². The smallest absolute Gasteiger partial charge is 0.119 e. The Morgan fingerprint density at radius 2 is 2.06 bits per heavy atom. The lowest BCUT2D eigenvalue weighted by Gasteiger charge is -2.06. The highest BCUT2D eigenvalue weighted by molar-refractivity contribution is 5.20. The van der Waals surface area contributed by atoms with E-state index in [1.54, 1.807) is 6.20 Å². The van der Waals surface area contributed by atoms with E-state index < -0.39 is 0 Å². The first-order valence-corrected chi connectivity index (χ1v) is 5.65. The molecule has 0 unspecified atom stereocenters. The monoisotopic (exact) mass is 227 g/mol. The first kappa shape index (κ1) is 11.6. The van der Waals surface area contributed by atoms with Crippen LogP contribution in [0.4, 0.5) is 0 Å². The molecule has 0 amide bonds. The number of nitrogens with one attached hydrogen (secondary N) is 1. The molecule has 17 heavy (non-hydrogen) atoms. The van der Waals surface area contributed by atoms with Crippen LogP contribution in [0.2, 0.25) is 0 Å². The van der Waals surface area contributed by atoms with Gasteiger partial charge in [0.15, 0.2) is 0 Å². The summed E-state index contributed by atoms with van der Waals surface area (Å²) in [7, 11) is 0. The number of nitrogens with zero attached hydrogens (tertiary/aromatic N) is 1. The summed E-state index contributed by atoms with van der Waals surface area (Å²) in [5.41, 5.74) is 1.04. The third kappa shape index (κ3) is 4.25. The molecule has 2 aromatic rings. The Morgan fingerprint density at radius 3 is 2.82 bits per heavy atom. The topological polar surface area (TPSA) is 34.1 Å². The van der Waals surface area contributed by atoms with Crippen LogP contribution < -0.4 is 10.1 Å². The van der Waals surface area contributed by atoms with Crippen LogP contribution in [0, 0.1) is 6.07 Å². The van der Waals surface area contributed by atoms with Crippen LogP contribution in [-0.2, 0) is 6.54 Å². The highest BCUT2D eigenvalue weighted by Crippen LogP contribution is 2.06. The van der Waals surface area contributed by atoms with E-state index in [0.29, 0.717) is 6.61 Å². The predicted molar refractivity (Wildman–Crippen MR) is 66.7 cm³/mol. The molecule has 87 valence electrons. The molecule has 3 nitrogen and oxygen atoms in total. The van der Waals surface area contributed by atoms with Gasteiger partial charge in [-0.15, -0.1) is 0 Å². The first-order valence-electron chi connectivity index (χ1n) is 5.65. The normalized spacial score (nSPS) is 10.1. The van der Waals surface area contributed by atoms with Crippen molar-refractivity contribution in [3.63, 3.8) is 0 Å². The Balaban J connectivity index is 1.61. The number of hydrogen-bond donors (Lipinski definition) is 1. The maximum atomic E-state index is 5.54. The quantitative estimate of drug-likeness (QED) is 0.767. The van der Waals surface area contributed by atoms with Gasteiger partial charge in [-0.3, -0.25) is 4.98 Å². The first-order chi connectivity index (χ1) is 8.45. The fraction of sp³-hybridized carbons (Fsp3) is 0.214. The summed E-state index contributed by atoms with van der Waals surface area (Å²) in [5, 5.41) is 3.28. The lowest BCUT2D eigenvalue weighted by atomic mass is 10.3. The van der Waals surface area contributed by atoms with Gasteiger partial charge in [-0.25, -0.2) is 0 Å². The maximum absolute atomic E-state index is 5.54. The number of aromatic nitrogens is 1. The van der Waals surface area contributed by atoms with Crippen molar-refractivity contribution in [2.45, 2.75) is 6.54 Å². The molecule has 0 aliphatic carbocycles. The van der Waals surface area contributed by atoms with E-state index in [9.17, 15) is 0 Å². The van der Waals surface area contributed by atoms with Crippen LogP contribution in [0.3, 0.4) is 0 Å². The third-order valence-corrected chi connectivity index (χ3v) is 2.27. The van der Waals surface area contributed by atoms with E-state index in [1.807, 2.05) is 42.5 Å². The zero-order valence-corrected chi connectivity index (χ0v) is 9.60. The maximum Gasteiger partial charge on any atom is 0.119 e. The van der Waals surface area contributed by atoms with Crippen molar-refractivity contribution in [3.8, 4) is 5.75 Å². The highest BCUT2D eigenvalue weighted by atomic mass is 16.5. The molecule has 0 spiro atoms. The zero-order chi connectivity index (χ0) is 11.8. The van der Waals surface area contributed by atoms with E-state index in [-0.39, 0.29) is 0 Å². The molecule has 3 heteroatoms. The second kappa shape index (κ2) is 6.66. The molecule has 0 atom stereocenters. The van der Waals surface area contributed by atoms with Crippen LogP contribution in [0.25, 0.3) is 0 Å². The molecule has 1 radical (unpaired) electrons. The lowest BCUT2D eigenvalue weighted by Crippen LogP contribution is -2.21. The Hall–Kier alpha value is -1.87. The van der Waals surface area contributed by atoms with E-state index in [0.717, 1.165) is 24.5 Å². The molecule has 0 bridgehead atoms. The molecule has 0 aliphatic heterocycles. The summed E-state index contributed by atoms with van der Waals surface area (Å²) in [4.78, 5) is 4.23. The molecule has 1 aromatic carbocycles. The van der Waals surface area contributed by atoms with Gasteiger partial charge in [-0.05, 0) is 30.3 Å². The second-order valence-corrected chi connectivity index (χ2v) is 3.58. The van der Waals surface area contributed by atoms with Crippen molar-refractivity contribution in [3.05, 3.63) is 60.4 Å². The van der Waals surface area contributed by atoms with E-state index in [1.165, 1.54) is 0 Å². The minimum Gasteiger partial charge on any atom is -0.492 e. The summed E-state index contributed by atoms with van der Waals surface area (Å²) in [6.45, 7) is 2.22. The Kier molecular flexibility index (Phi) is 4.55. The van der Waals surface area contributed by atoms with Crippen molar-refractivity contribution in [1.82, 2.24) is 10.3 Å². The summed E-state index contributed by atoms with van der Waals surface area (Å²) in [6, 6.07) is 16.3. The van der Waals surface area contributed by atoms with Crippen molar-refractivity contribution < 1.29 is 4.74 Å². The minimum absolute atomic E-state index is 0.650. The fourth-order valence-corrected chi connectivity index (χ4v) is 1.43. The van der Waals surface area contributed by atoms with Crippen molar-refractivity contribution >= 4 is 0 Å². The van der Waals surface area contributed by atoms with Crippen LogP contribution in [0.1, 0.15) is 5.69 Å². The second-order valence-electron chi connectivity index (χ2n) is 3.58.